The number of amides is 1. The van der Waals surface area contributed by atoms with Crippen molar-refractivity contribution < 1.29 is 9.21 Å². The van der Waals surface area contributed by atoms with Gasteiger partial charge in [0.1, 0.15) is 5.76 Å². The summed E-state index contributed by atoms with van der Waals surface area (Å²) in [5, 5.41) is 4.18. The maximum atomic E-state index is 12.0. The fraction of sp³-hybridized carbons (Fsp3) is 0.143. The minimum Gasteiger partial charge on any atom is -0.469 e. The number of fused-ring (bicyclic) bond motifs is 1. The van der Waals surface area contributed by atoms with E-state index in [1.54, 1.807) is 13.0 Å². The molecular formula is C14H13N3O2S. The zero-order chi connectivity index (χ0) is 14.1. The zero-order valence-electron chi connectivity index (χ0n) is 11.1. The van der Waals surface area contributed by atoms with Gasteiger partial charge in [0.2, 0.25) is 4.80 Å². The molecule has 1 N–H and O–H groups in total. The van der Waals surface area contributed by atoms with Crippen molar-refractivity contribution in [2.45, 2.75) is 6.92 Å². The van der Waals surface area contributed by atoms with Crippen LogP contribution in [0.3, 0.4) is 0 Å². The quantitative estimate of drug-likeness (QED) is 0.736. The van der Waals surface area contributed by atoms with E-state index in [9.17, 15) is 4.79 Å². The molecule has 0 bridgehead atoms. The van der Waals surface area contributed by atoms with Crippen LogP contribution in [0.5, 0.6) is 0 Å². The molecule has 0 fully saturated rings. The smallest absolute Gasteiger partial charge is 0.274 e. The number of aromatic nitrogens is 1. The molecule has 0 radical (unpaired) electrons. The van der Waals surface area contributed by atoms with Gasteiger partial charge in [-0.3, -0.25) is 4.79 Å². The highest BCUT2D eigenvalue weighted by Gasteiger charge is 2.10. The molecule has 102 valence electrons. The van der Waals surface area contributed by atoms with E-state index in [4.69, 9.17) is 4.42 Å². The molecule has 2 heterocycles. The normalized spacial score (nSPS) is 12.0. The van der Waals surface area contributed by atoms with E-state index in [-0.39, 0.29) is 5.91 Å². The summed E-state index contributed by atoms with van der Waals surface area (Å²) in [4.78, 5) is 12.7. The molecule has 5 nitrogen and oxygen atoms in total. The van der Waals surface area contributed by atoms with Crippen LogP contribution in [0.1, 0.15) is 16.1 Å². The number of carbonyl (C=O) groups is 1. The molecule has 0 atom stereocenters. The molecule has 3 rings (SSSR count). The Balaban J connectivity index is 1.94. The van der Waals surface area contributed by atoms with Crippen LogP contribution in [-0.2, 0) is 7.05 Å². The first-order valence-corrected chi connectivity index (χ1v) is 6.91. The van der Waals surface area contributed by atoms with Crippen molar-refractivity contribution in [3.05, 3.63) is 52.7 Å². The molecule has 20 heavy (non-hydrogen) atoms. The number of nitrogens with one attached hydrogen (secondary N) is 1. The van der Waals surface area contributed by atoms with Crippen LogP contribution in [0.4, 0.5) is 0 Å². The van der Waals surface area contributed by atoms with Crippen LogP contribution < -0.4 is 10.2 Å². The van der Waals surface area contributed by atoms with Crippen molar-refractivity contribution in [2.24, 2.45) is 12.1 Å². The molecule has 6 heteroatoms. The Labute approximate surface area is 119 Å². The Morgan fingerprint density at radius 2 is 2.15 bits per heavy atom. The minimum atomic E-state index is -0.270. The summed E-state index contributed by atoms with van der Waals surface area (Å²) < 4.78 is 8.18. The lowest BCUT2D eigenvalue weighted by molar-refractivity contribution is 0.0951. The molecule has 0 spiro atoms. The van der Waals surface area contributed by atoms with E-state index in [0.29, 0.717) is 11.3 Å². The number of para-hydroxylation sites is 1. The maximum Gasteiger partial charge on any atom is 0.274 e. The molecule has 2 aromatic heterocycles. The predicted octanol–water partition coefficient (Wildman–Crippen LogP) is 2.39. The molecular weight excluding hydrogens is 274 g/mol. The summed E-state index contributed by atoms with van der Waals surface area (Å²) in [7, 11) is 1.92. The average molecular weight is 287 g/mol. The van der Waals surface area contributed by atoms with E-state index in [1.807, 2.05) is 35.9 Å². The minimum absolute atomic E-state index is 0.270. The van der Waals surface area contributed by atoms with Gasteiger partial charge < -0.3 is 8.98 Å². The molecule has 0 saturated heterocycles. The van der Waals surface area contributed by atoms with Gasteiger partial charge in [-0.05, 0) is 25.1 Å². The Morgan fingerprint density at radius 1 is 1.35 bits per heavy atom. The number of aryl methyl sites for hydroxylation is 2. The van der Waals surface area contributed by atoms with Crippen LogP contribution in [-0.4, -0.2) is 10.5 Å². The Hall–Kier alpha value is -2.34. The van der Waals surface area contributed by atoms with E-state index in [0.717, 1.165) is 15.0 Å². The Kier molecular flexibility index (Phi) is 3.15. The highest BCUT2D eigenvalue weighted by atomic mass is 32.1. The standard InChI is InChI=1S/C14H13N3O2S/c1-9-10(7-8-19-9)13(18)15-16-14-17(2)11-5-3-4-6-12(11)20-14/h3-8H,1-2H3,(H,15,18)/b16-14-. The SMILES string of the molecule is Cc1occc1C(=O)N/N=c1\sc2ccccc2n1C. The molecule has 1 amide bonds. The molecule has 0 unspecified atom stereocenters. The number of rotatable bonds is 2. The number of carbonyl (C=O) groups excluding carboxylic acids is 1. The third-order valence-electron chi connectivity index (χ3n) is 3.07. The maximum absolute atomic E-state index is 12.0. The van der Waals surface area contributed by atoms with Gasteiger partial charge in [-0.2, -0.15) is 0 Å². The summed E-state index contributed by atoms with van der Waals surface area (Å²) in [6, 6.07) is 9.64. The largest absolute Gasteiger partial charge is 0.469 e. The first-order valence-electron chi connectivity index (χ1n) is 6.09. The number of hydrogen-bond acceptors (Lipinski definition) is 4. The summed E-state index contributed by atoms with van der Waals surface area (Å²) in [5.74, 6) is 0.312. The molecule has 0 aliphatic carbocycles. The highest BCUT2D eigenvalue weighted by Crippen LogP contribution is 2.15. The van der Waals surface area contributed by atoms with Gasteiger partial charge in [-0.15, -0.1) is 5.10 Å². The monoisotopic (exact) mass is 287 g/mol. The third-order valence-corrected chi connectivity index (χ3v) is 4.18. The van der Waals surface area contributed by atoms with Crippen molar-refractivity contribution in [1.82, 2.24) is 9.99 Å². The summed E-state index contributed by atoms with van der Waals surface area (Å²) >= 11 is 1.53. The van der Waals surface area contributed by atoms with Crippen molar-refractivity contribution in [3.63, 3.8) is 0 Å². The summed E-state index contributed by atoms with van der Waals surface area (Å²) in [6.45, 7) is 1.74. The lowest BCUT2D eigenvalue weighted by Crippen LogP contribution is -2.23. The van der Waals surface area contributed by atoms with Gasteiger partial charge in [0, 0.05) is 7.05 Å². The molecule has 3 aromatic rings. The van der Waals surface area contributed by atoms with Gasteiger partial charge >= 0.3 is 0 Å². The van der Waals surface area contributed by atoms with Crippen LogP contribution in [0.15, 0.2) is 46.1 Å². The van der Waals surface area contributed by atoms with Crippen LogP contribution in [0, 0.1) is 6.92 Å². The second kappa shape index (κ2) is 4.97. The van der Waals surface area contributed by atoms with Crippen molar-refractivity contribution in [2.75, 3.05) is 0 Å². The van der Waals surface area contributed by atoms with E-state index in [2.05, 4.69) is 10.5 Å². The van der Waals surface area contributed by atoms with E-state index >= 15 is 0 Å². The summed E-state index contributed by atoms with van der Waals surface area (Å²) in [5.41, 5.74) is 4.15. The lowest BCUT2D eigenvalue weighted by Gasteiger charge is -1.97. The summed E-state index contributed by atoms with van der Waals surface area (Å²) in [6.07, 6.45) is 1.49. The first kappa shape index (κ1) is 12.7. The number of nitrogens with zero attached hydrogens (tertiary/aromatic N) is 2. The zero-order valence-corrected chi connectivity index (χ0v) is 11.9. The van der Waals surface area contributed by atoms with Crippen molar-refractivity contribution in [3.8, 4) is 0 Å². The number of furan rings is 1. The number of benzene rings is 1. The fourth-order valence-corrected chi connectivity index (χ4v) is 2.95. The van der Waals surface area contributed by atoms with E-state index in [1.165, 1.54) is 17.6 Å². The second-order valence-electron chi connectivity index (χ2n) is 4.35. The third kappa shape index (κ3) is 2.14. The second-order valence-corrected chi connectivity index (χ2v) is 5.36. The van der Waals surface area contributed by atoms with Crippen molar-refractivity contribution >= 4 is 27.5 Å². The molecule has 0 aliphatic rings. The van der Waals surface area contributed by atoms with Crippen LogP contribution in [0.2, 0.25) is 0 Å². The van der Waals surface area contributed by atoms with Gasteiger partial charge in [0.05, 0.1) is 22.0 Å². The average Bonchev–Trinajstić information content (AvgIpc) is 3.01. The number of thiazole rings is 1. The van der Waals surface area contributed by atoms with Crippen LogP contribution >= 0.6 is 11.3 Å². The van der Waals surface area contributed by atoms with Crippen molar-refractivity contribution in [1.29, 1.82) is 0 Å². The van der Waals surface area contributed by atoms with Gasteiger partial charge in [-0.25, -0.2) is 5.43 Å². The van der Waals surface area contributed by atoms with Gasteiger partial charge in [0.25, 0.3) is 5.91 Å². The Morgan fingerprint density at radius 3 is 2.85 bits per heavy atom. The first-order chi connectivity index (χ1) is 9.66. The van der Waals surface area contributed by atoms with Crippen LogP contribution in [0.25, 0.3) is 10.2 Å². The number of hydrogen-bond donors (Lipinski definition) is 1. The highest BCUT2D eigenvalue weighted by molar-refractivity contribution is 7.16. The Bertz CT molecular complexity index is 841. The molecule has 0 aliphatic heterocycles. The van der Waals surface area contributed by atoms with E-state index < -0.39 is 0 Å². The van der Waals surface area contributed by atoms with Gasteiger partial charge in [-0.1, -0.05) is 23.5 Å². The molecule has 1 aromatic carbocycles. The topological polar surface area (TPSA) is 59.5 Å². The van der Waals surface area contributed by atoms with Gasteiger partial charge in [0.15, 0.2) is 0 Å². The predicted molar refractivity (Wildman–Crippen MR) is 77.3 cm³/mol. The fourth-order valence-electron chi connectivity index (χ4n) is 1.97. The molecule has 0 saturated carbocycles. The lowest BCUT2D eigenvalue weighted by atomic mass is 10.2.